The molecule has 1 aliphatic rings. The van der Waals surface area contributed by atoms with Crippen molar-refractivity contribution in [3.8, 4) is 5.75 Å². The lowest BCUT2D eigenvalue weighted by Crippen LogP contribution is -2.42. The van der Waals surface area contributed by atoms with E-state index in [4.69, 9.17) is 4.74 Å². The standard InChI is InChI=1S/C19H30N2O2/c1-4-15(3)20-19(22)16-10-12-21(13-11-16)14-17-8-6-7-9-18(17)23-5-2/h6-9,15-16H,4-5,10-14H2,1-3H3,(H,20,22)/t15-/m1/s1. The topological polar surface area (TPSA) is 41.6 Å². The molecule has 1 heterocycles. The van der Waals surface area contributed by atoms with E-state index >= 15 is 0 Å². The fourth-order valence-corrected chi connectivity index (χ4v) is 2.99. The Kier molecular flexibility index (Phi) is 6.90. The first-order valence-corrected chi connectivity index (χ1v) is 8.87. The van der Waals surface area contributed by atoms with E-state index in [9.17, 15) is 4.79 Å². The molecule has 1 aromatic carbocycles. The van der Waals surface area contributed by atoms with Gasteiger partial charge in [0.05, 0.1) is 6.61 Å². The second kappa shape index (κ2) is 8.92. The maximum Gasteiger partial charge on any atom is 0.223 e. The van der Waals surface area contributed by atoms with Gasteiger partial charge in [0.25, 0.3) is 0 Å². The monoisotopic (exact) mass is 318 g/mol. The SMILES string of the molecule is CCOc1ccccc1CN1CCC(C(=O)N[C@H](C)CC)CC1. The number of piperidine rings is 1. The third kappa shape index (κ3) is 5.24. The van der Waals surface area contributed by atoms with Crippen molar-refractivity contribution in [2.45, 2.75) is 52.6 Å². The van der Waals surface area contributed by atoms with Gasteiger partial charge in [0.2, 0.25) is 5.91 Å². The molecule has 1 fully saturated rings. The van der Waals surface area contributed by atoms with Crippen molar-refractivity contribution in [3.05, 3.63) is 29.8 Å². The third-order valence-corrected chi connectivity index (χ3v) is 4.63. The minimum absolute atomic E-state index is 0.169. The molecule has 0 radical (unpaired) electrons. The molecule has 0 aromatic heterocycles. The van der Waals surface area contributed by atoms with Gasteiger partial charge >= 0.3 is 0 Å². The summed E-state index contributed by atoms with van der Waals surface area (Å²) in [6.45, 7) is 9.71. The van der Waals surface area contributed by atoms with Crippen LogP contribution in [-0.2, 0) is 11.3 Å². The molecular formula is C19H30N2O2. The second-order valence-corrected chi connectivity index (χ2v) is 6.41. The molecule has 2 rings (SSSR count). The smallest absolute Gasteiger partial charge is 0.223 e. The molecule has 0 bridgehead atoms. The van der Waals surface area contributed by atoms with Gasteiger partial charge in [0, 0.05) is 24.1 Å². The van der Waals surface area contributed by atoms with E-state index in [1.807, 2.05) is 19.1 Å². The maximum absolute atomic E-state index is 12.2. The number of para-hydroxylation sites is 1. The Morgan fingerprint density at radius 2 is 2.00 bits per heavy atom. The summed E-state index contributed by atoms with van der Waals surface area (Å²) in [7, 11) is 0. The number of likely N-dealkylation sites (tertiary alicyclic amines) is 1. The van der Waals surface area contributed by atoms with Gasteiger partial charge in [-0.1, -0.05) is 25.1 Å². The zero-order chi connectivity index (χ0) is 16.7. The fraction of sp³-hybridized carbons (Fsp3) is 0.632. The van der Waals surface area contributed by atoms with Crippen molar-refractivity contribution in [2.24, 2.45) is 5.92 Å². The predicted octanol–water partition coefficient (Wildman–Crippen LogP) is 3.21. The summed E-state index contributed by atoms with van der Waals surface area (Å²) in [6.07, 6.45) is 2.87. The van der Waals surface area contributed by atoms with Crippen molar-refractivity contribution in [2.75, 3.05) is 19.7 Å². The normalized spacial score (nSPS) is 17.7. The predicted molar refractivity (Wildman–Crippen MR) is 93.5 cm³/mol. The van der Waals surface area contributed by atoms with E-state index in [1.165, 1.54) is 5.56 Å². The van der Waals surface area contributed by atoms with Crippen LogP contribution in [0.5, 0.6) is 5.75 Å². The third-order valence-electron chi connectivity index (χ3n) is 4.63. The van der Waals surface area contributed by atoms with Crippen LogP contribution in [0.25, 0.3) is 0 Å². The largest absolute Gasteiger partial charge is 0.494 e. The van der Waals surface area contributed by atoms with E-state index in [-0.39, 0.29) is 17.9 Å². The Balaban J connectivity index is 1.84. The highest BCUT2D eigenvalue weighted by Crippen LogP contribution is 2.24. The molecule has 4 nitrogen and oxygen atoms in total. The van der Waals surface area contributed by atoms with Gasteiger partial charge in [-0.05, 0) is 52.3 Å². The minimum Gasteiger partial charge on any atom is -0.494 e. The number of nitrogens with zero attached hydrogens (tertiary/aromatic N) is 1. The van der Waals surface area contributed by atoms with Gasteiger partial charge in [-0.25, -0.2) is 0 Å². The Labute approximate surface area is 140 Å². The van der Waals surface area contributed by atoms with Crippen LogP contribution in [0.2, 0.25) is 0 Å². The van der Waals surface area contributed by atoms with Crippen LogP contribution in [0.15, 0.2) is 24.3 Å². The molecule has 1 aliphatic heterocycles. The van der Waals surface area contributed by atoms with Crippen molar-refractivity contribution >= 4 is 5.91 Å². The van der Waals surface area contributed by atoms with Crippen molar-refractivity contribution in [3.63, 3.8) is 0 Å². The number of hydrogen-bond acceptors (Lipinski definition) is 3. The van der Waals surface area contributed by atoms with Gasteiger partial charge < -0.3 is 10.1 Å². The molecule has 0 spiro atoms. The van der Waals surface area contributed by atoms with E-state index in [2.05, 4.69) is 36.2 Å². The highest BCUT2D eigenvalue weighted by molar-refractivity contribution is 5.79. The lowest BCUT2D eigenvalue weighted by atomic mass is 9.95. The lowest BCUT2D eigenvalue weighted by Gasteiger charge is -2.32. The van der Waals surface area contributed by atoms with E-state index in [1.54, 1.807) is 0 Å². The van der Waals surface area contributed by atoms with Crippen LogP contribution in [0.3, 0.4) is 0 Å². The number of rotatable bonds is 7. The number of nitrogens with one attached hydrogen (secondary N) is 1. The summed E-state index contributed by atoms with van der Waals surface area (Å²) in [5, 5.41) is 3.11. The number of carbonyl (C=O) groups excluding carboxylic acids is 1. The summed E-state index contributed by atoms with van der Waals surface area (Å²) in [5.74, 6) is 1.38. The van der Waals surface area contributed by atoms with Crippen molar-refractivity contribution in [1.82, 2.24) is 10.2 Å². The summed E-state index contributed by atoms with van der Waals surface area (Å²) in [4.78, 5) is 14.6. The number of benzene rings is 1. The molecule has 23 heavy (non-hydrogen) atoms. The highest BCUT2D eigenvalue weighted by Gasteiger charge is 2.25. The lowest BCUT2D eigenvalue weighted by molar-refractivity contribution is -0.127. The minimum atomic E-state index is 0.169. The highest BCUT2D eigenvalue weighted by atomic mass is 16.5. The molecule has 0 aliphatic carbocycles. The average molecular weight is 318 g/mol. The van der Waals surface area contributed by atoms with Gasteiger partial charge in [-0.15, -0.1) is 0 Å². The Morgan fingerprint density at radius 3 is 2.65 bits per heavy atom. The molecule has 1 saturated heterocycles. The van der Waals surface area contributed by atoms with E-state index in [0.29, 0.717) is 6.61 Å². The zero-order valence-electron chi connectivity index (χ0n) is 14.7. The van der Waals surface area contributed by atoms with Crippen LogP contribution in [-0.4, -0.2) is 36.5 Å². The quantitative estimate of drug-likeness (QED) is 0.839. The van der Waals surface area contributed by atoms with E-state index < -0.39 is 0 Å². The molecule has 1 amide bonds. The second-order valence-electron chi connectivity index (χ2n) is 6.41. The van der Waals surface area contributed by atoms with Crippen molar-refractivity contribution < 1.29 is 9.53 Å². The van der Waals surface area contributed by atoms with Crippen LogP contribution in [0.1, 0.15) is 45.6 Å². The molecule has 1 N–H and O–H groups in total. The summed E-state index contributed by atoms with van der Waals surface area (Å²) in [5.41, 5.74) is 1.23. The first-order valence-electron chi connectivity index (χ1n) is 8.87. The van der Waals surface area contributed by atoms with Gasteiger partial charge in [0.1, 0.15) is 5.75 Å². The first-order chi connectivity index (χ1) is 11.1. The molecule has 0 saturated carbocycles. The van der Waals surface area contributed by atoms with E-state index in [0.717, 1.165) is 44.6 Å². The van der Waals surface area contributed by atoms with Crippen LogP contribution in [0.4, 0.5) is 0 Å². The Morgan fingerprint density at radius 1 is 1.30 bits per heavy atom. The van der Waals surface area contributed by atoms with Crippen molar-refractivity contribution in [1.29, 1.82) is 0 Å². The molecule has 0 unspecified atom stereocenters. The van der Waals surface area contributed by atoms with Crippen LogP contribution < -0.4 is 10.1 Å². The Bertz CT molecular complexity index is 496. The fourth-order valence-electron chi connectivity index (χ4n) is 2.99. The molecule has 128 valence electrons. The number of carbonyl (C=O) groups is 1. The first kappa shape index (κ1) is 17.8. The van der Waals surface area contributed by atoms with Crippen LogP contribution in [0, 0.1) is 5.92 Å². The summed E-state index contributed by atoms with van der Waals surface area (Å²) < 4.78 is 5.70. The number of amides is 1. The number of hydrogen-bond donors (Lipinski definition) is 1. The van der Waals surface area contributed by atoms with Crippen LogP contribution >= 0.6 is 0 Å². The molecule has 4 heteroatoms. The van der Waals surface area contributed by atoms with Gasteiger partial charge in [-0.2, -0.15) is 0 Å². The molecular weight excluding hydrogens is 288 g/mol. The van der Waals surface area contributed by atoms with Gasteiger partial charge in [0.15, 0.2) is 0 Å². The zero-order valence-corrected chi connectivity index (χ0v) is 14.7. The maximum atomic E-state index is 12.2. The summed E-state index contributed by atoms with van der Waals surface area (Å²) >= 11 is 0. The number of ether oxygens (including phenoxy) is 1. The average Bonchev–Trinajstić information content (AvgIpc) is 2.57. The summed E-state index contributed by atoms with van der Waals surface area (Å²) in [6, 6.07) is 8.51. The van der Waals surface area contributed by atoms with Gasteiger partial charge in [-0.3, -0.25) is 9.69 Å². The Hall–Kier alpha value is -1.55. The molecule has 1 atom stereocenters. The molecule has 1 aromatic rings.